The molecular weight excluding hydrogens is 316 g/mol. The Morgan fingerprint density at radius 1 is 1.17 bits per heavy atom. The van der Waals surface area contributed by atoms with Gasteiger partial charge in [-0.25, -0.2) is 8.78 Å². The Balaban J connectivity index is 2.02. The van der Waals surface area contributed by atoms with E-state index in [0.29, 0.717) is 6.07 Å². The van der Waals surface area contributed by atoms with Crippen LogP contribution in [0.25, 0.3) is 0 Å². The van der Waals surface area contributed by atoms with Crippen LogP contribution < -0.4 is 10.6 Å². The van der Waals surface area contributed by atoms with Crippen molar-refractivity contribution >= 4 is 17.5 Å². The van der Waals surface area contributed by atoms with Crippen molar-refractivity contribution in [3.8, 4) is 0 Å². The molecule has 7 heteroatoms. The number of carbonyl (C=O) groups is 2. The van der Waals surface area contributed by atoms with E-state index in [1.165, 1.54) is 13.8 Å². The summed E-state index contributed by atoms with van der Waals surface area (Å²) in [5.41, 5.74) is -0.843. The SMILES string of the molecule is CC(C)(C(=O)NCc1cccnc1)C(=O)Nc1ccc(F)cc1F. The predicted molar refractivity (Wildman–Crippen MR) is 84.9 cm³/mol. The van der Waals surface area contributed by atoms with Gasteiger partial charge in [0.15, 0.2) is 0 Å². The number of anilines is 1. The second kappa shape index (κ2) is 7.16. The van der Waals surface area contributed by atoms with Gasteiger partial charge in [-0.3, -0.25) is 14.6 Å². The lowest BCUT2D eigenvalue weighted by molar-refractivity contribution is -0.138. The molecule has 0 aliphatic heterocycles. The van der Waals surface area contributed by atoms with Crippen LogP contribution in [-0.2, 0) is 16.1 Å². The lowest BCUT2D eigenvalue weighted by Gasteiger charge is -2.23. The van der Waals surface area contributed by atoms with Gasteiger partial charge < -0.3 is 10.6 Å². The fraction of sp³-hybridized carbons (Fsp3) is 0.235. The number of pyridine rings is 1. The number of halogens is 2. The van der Waals surface area contributed by atoms with Crippen molar-refractivity contribution in [1.29, 1.82) is 0 Å². The number of amides is 2. The van der Waals surface area contributed by atoms with Crippen molar-refractivity contribution in [1.82, 2.24) is 10.3 Å². The Morgan fingerprint density at radius 3 is 2.54 bits per heavy atom. The first-order valence-electron chi connectivity index (χ1n) is 7.24. The molecule has 0 unspecified atom stereocenters. The minimum Gasteiger partial charge on any atom is -0.351 e. The third-order valence-corrected chi connectivity index (χ3v) is 3.49. The van der Waals surface area contributed by atoms with Crippen LogP contribution >= 0.6 is 0 Å². The van der Waals surface area contributed by atoms with Crippen molar-refractivity contribution in [3.63, 3.8) is 0 Å². The predicted octanol–water partition coefficient (Wildman–Crippen LogP) is 2.64. The molecule has 0 radical (unpaired) electrons. The average Bonchev–Trinajstić information content (AvgIpc) is 2.55. The molecule has 0 bridgehead atoms. The van der Waals surface area contributed by atoms with Crippen molar-refractivity contribution < 1.29 is 18.4 Å². The molecular formula is C17H17F2N3O2. The highest BCUT2D eigenvalue weighted by Gasteiger charge is 2.36. The zero-order valence-corrected chi connectivity index (χ0v) is 13.3. The smallest absolute Gasteiger partial charge is 0.239 e. The molecule has 2 amide bonds. The van der Waals surface area contributed by atoms with Gasteiger partial charge in [0.1, 0.15) is 17.0 Å². The Morgan fingerprint density at radius 2 is 1.92 bits per heavy atom. The highest BCUT2D eigenvalue weighted by Crippen LogP contribution is 2.21. The summed E-state index contributed by atoms with van der Waals surface area (Å²) in [6, 6.07) is 6.30. The molecule has 2 aromatic rings. The first-order valence-corrected chi connectivity index (χ1v) is 7.24. The van der Waals surface area contributed by atoms with Gasteiger partial charge in [0.25, 0.3) is 0 Å². The number of hydrogen-bond acceptors (Lipinski definition) is 3. The maximum absolute atomic E-state index is 13.6. The molecule has 0 fully saturated rings. The Hall–Kier alpha value is -2.83. The zero-order chi connectivity index (χ0) is 17.7. The number of carbonyl (C=O) groups excluding carboxylic acids is 2. The number of rotatable bonds is 5. The molecule has 24 heavy (non-hydrogen) atoms. The van der Waals surface area contributed by atoms with E-state index < -0.39 is 28.9 Å². The van der Waals surface area contributed by atoms with Crippen molar-refractivity contribution in [3.05, 3.63) is 59.9 Å². The lowest BCUT2D eigenvalue weighted by Crippen LogP contribution is -2.45. The summed E-state index contributed by atoms with van der Waals surface area (Å²) in [5, 5.41) is 4.94. The Labute approximate surface area is 138 Å². The molecule has 2 N–H and O–H groups in total. The standard InChI is InChI=1S/C17H17F2N3O2/c1-17(2,15(23)21-10-11-4-3-7-20-9-11)16(24)22-14-6-5-12(18)8-13(14)19/h3-9H,10H2,1-2H3,(H,21,23)(H,22,24). The zero-order valence-electron chi connectivity index (χ0n) is 13.3. The fourth-order valence-corrected chi connectivity index (χ4v) is 1.88. The maximum Gasteiger partial charge on any atom is 0.239 e. The summed E-state index contributed by atoms with van der Waals surface area (Å²) >= 11 is 0. The minimum atomic E-state index is -1.44. The summed E-state index contributed by atoms with van der Waals surface area (Å²) in [5.74, 6) is -2.88. The summed E-state index contributed by atoms with van der Waals surface area (Å²) in [6.07, 6.45) is 3.21. The molecule has 0 aliphatic carbocycles. The van der Waals surface area contributed by atoms with E-state index in [4.69, 9.17) is 0 Å². The van der Waals surface area contributed by atoms with E-state index in [1.54, 1.807) is 24.5 Å². The molecule has 0 saturated heterocycles. The minimum absolute atomic E-state index is 0.186. The molecule has 0 atom stereocenters. The monoisotopic (exact) mass is 333 g/mol. The van der Waals surface area contributed by atoms with E-state index in [1.807, 2.05) is 0 Å². The lowest BCUT2D eigenvalue weighted by atomic mass is 9.91. The van der Waals surface area contributed by atoms with Crippen LogP contribution in [0.5, 0.6) is 0 Å². The van der Waals surface area contributed by atoms with Gasteiger partial charge in [-0.15, -0.1) is 0 Å². The molecule has 1 aromatic carbocycles. The molecule has 0 saturated carbocycles. The molecule has 5 nitrogen and oxygen atoms in total. The fourth-order valence-electron chi connectivity index (χ4n) is 1.88. The quantitative estimate of drug-likeness (QED) is 0.827. The van der Waals surface area contributed by atoms with Gasteiger partial charge >= 0.3 is 0 Å². The van der Waals surface area contributed by atoms with Gasteiger partial charge in [0, 0.05) is 25.0 Å². The number of nitrogens with zero attached hydrogens (tertiary/aromatic N) is 1. The van der Waals surface area contributed by atoms with E-state index in [2.05, 4.69) is 15.6 Å². The highest BCUT2D eigenvalue weighted by molar-refractivity contribution is 6.09. The molecule has 1 heterocycles. The van der Waals surface area contributed by atoms with E-state index in [-0.39, 0.29) is 12.2 Å². The van der Waals surface area contributed by atoms with Crippen LogP contribution in [0.1, 0.15) is 19.4 Å². The molecule has 126 valence electrons. The van der Waals surface area contributed by atoms with Crippen LogP contribution in [0.2, 0.25) is 0 Å². The second-order valence-electron chi connectivity index (χ2n) is 5.75. The second-order valence-corrected chi connectivity index (χ2v) is 5.75. The Bertz CT molecular complexity index is 749. The summed E-state index contributed by atoms with van der Waals surface area (Å²) in [4.78, 5) is 28.5. The van der Waals surface area contributed by atoms with Gasteiger partial charge in [0.2, 0.25) is 11.8 Å². The average molecular weight is 333 g/mol. The van der Waals surface area contributed by atoms with Crippen molar-refractivity contribution in [2.75, 3.05) is 5.32 Å². The maximum atomic E-state index is 13.6. The summed E-state index contributed by atoms with van der Waals surface area (Å²) in [7, 11) is 0. The number of nitrogens with one attached hydrogen (secondary N) is 2. The van der Waals surface area contributed by atoms with Gasteiger partial charge in [0.05, 0.1) is 5.69 Å². The highest BCUT2D eigenvalue weighted by atomic mass is 19.1. The third kappa shape index (κ3) is 4.13. The number of aromatic nitrogens is 1. The van der Waals surface area contributed by atoms with E-state index in [9.17, 15) is 18.4 Å². The number of benzene rings is 1. The molecule has 1 aromatic heterocycles. The van der Waals surface area contributed by atoms with Gasteiger partial charge in [-0.05, 0) is 37.6 Å². The van der Waals surface area contributed by atoms with Crippen LogP contribution in [0.15, 0.2) is 42.7 Å². The summed E-state index contributed by atoms with van der Waals surface area (Å²) in [6.45, 7) is 3.05. The third-order valence-electron chi connectivity index (χ3n) is 3.49. The topological polar surface area (TPSA) is 71.1 Å². The van der Waals surface area contributed by atoms with Gasteiger partial charge in [-0.1, -0.05) is 6.07 Å². The molecule has 2 rings (SSSR count). The normalized spacial score (nSPS) is 11.0. The summed E-state index contributed by atoms with van der Waals surface area (Å²) < 4.78 is 26.5. The van der Waals surface area contributed by atoms with Crippen LogP contribution in [0.3, 0.4) is 0 Å². The molecule has 0 aliphatic rings. The van der Waals surface area contributed by atoms with Gasteiger partial charge in [-0.2, -0.15) is 0 Å². The van der Waals surface area contributed by atoms with E-state index >= 15 is 0 Å². The first-order chi connectivity index (χ1) is 11.3. The number of hydrogen-bond donors (Lipinski definition) is 2. The van der Waals surface area contributed by atoms with E-state index in [0.717, 1.165) is 17.7 Å². The largest absolute Gasteiger partial charge is 0.351 e. The first kappa shape index (κ1) is 17.5. The Kier molecular flexibility index (Phi) is 5.23. The van der Waals surface area contributed by atoms with Crippen LogP contribution in [0, 0.1) is 17.0 Å². The van der Waals surface area contributed by atoms with Crippen LogP contribution in [-0.4, -0.2) is 16.8 Å². The van der Waals surface area contributed by atoms with Crippen LogP contribution in [0.4, 0.5) is 14.5 Å². The molecule has 0 spiro atoms. The van der Waals surface area contributed by atoms with Crippen molar-refractivity contribution in [2.45, 2.75) is 20.4 Å². The van der Waals surface area contributed by atoms with Crippen molar-refractivity contribution in [2.24, 2.45) is 5.41 Å².